The molecule has 1 aromatic heterocycles. The van der Waals surface area contributed by atoms with E-state index in [1.807, 2.05) is 0 Å². The van der Waals surface area contributed by atoms with Crippen LogP contribution in [0.5, 0.6) is 0 Å². The van der Waals surface area contributed by atoms with Gasteiger partial charge in [-0.2, -0.15) is 4.80 Å². The summed E-state index contributed by atoms with van der Waals surface area (Å²) in [6.45, 7) is 3.18. The summed E-state index contributed by atoms with van der Waals surface area (Å²) < 4.78 is 0. The number of rotatable bonds is 4. The third-order valence-corrected chi connectivity index (χ3v) is 2.82. The number of aliphatic hydroxyl groups excluding tert-OH is 1. The van der Waals surface area contributed by atoms with Crippen molar-refractivity contribution in [3.05, 3.63) is 5.82 Å². The van der Waals surface area contributed by atoms with Gasteiger partial charge in [0.05, 0.1) is 13.6 Å². The van der Waals surface area contributed by atoms with Crippen molar-refractivity contribution in [3.8, 4) is 0 Å². The molecule has 0 bridgehead atoms. The molecule has 0 aliphatic carbocycles. The standard InChI is InChI=1S/C9H17N5O/c1-13-11-9(10-12-13)7-14-4-2-8(6-14)3-5-15/h8,15H,2-7H2,1H3. The smallest absolute Gasteiger partial charge is 0.188 e. The van der Waals surface area contributed by atoms with E-state index >= 15 is 0 Å². The number of aryl methyl sites for hydroxylation is 1. The number of nitrogens with zero attached hydrogens (tertiary/aromatic N) is 5. The first kappa shape index (κ1) is 10.5. The summed E-state index contributed by atoms with van der Waals surface area (Å²) in [4.78, 5) is 3.80. The Kier molecular flexibility index (Phi) is 3.27. The lowest BCUT2D eigenvalue weighted by Gasteiger charge is -2.12. The molecule has 1 aliphatic heterocycles. The van der Waals surface area contributed by atoms with E-state index in [0.29, 0.717) is 12.5 Å². The molecule has 1 N–H and O–H groups in total. The first-order chi connectivity index (χ1) is 7.28. The highest BCUT2D eigenvalue weighted by Crippen LogP contribution is 2.19. The van der Waals surface area contributed by atoms with Crippen molar-refractivity contribution < 1.29 is 5.11 Å². The largest absolute Gasteiger partial charge is 0.396 e. The van der Waals surface area contributed by atoms with Crippen molar-refractivity contribution >= 4 is 0 Å². The van der Waals surface area contributed by atoms with Gasteiger partial charge >= 0.3 is 0 Å². The molecule has 0 aromatic carbocycles. The number of aromatic nitrogens is 4. The molecule has 0 saturated carbocycles. The van der Waals surface area contributed by atoms with Crippen LogP contribution >= 0.6 is 0 Å². The maximum absolute atomic E-state index is 8.85. The van der Waals surface area contributed by atoms with E-state index < -0.39 is 0 Å². The Balaban J connectivity index is 1.82. The fraction of sp³-hybridized carbons (Fsp3) is 0.889. The van der Waals surface area contributed by atoms with E-state index in [4.69, 9.17) is 5.11 Å². The van der Waals surface area contributed by atoms with Gasteiger partial charge in [0.25, 0.3) is 0 Å². The van der Waals surface area contributed by atoms with Crippen LogP contribution in [0.25, 0.3) is 0 Å². The first-order valence-corrected chi connectivity index (χ1v) is 5.34. The zero-order valence-corrected chi connectivity index (χ0v) is 9.00. The highest BCUT2D eigenvalue weighted by Gasteiger charge is 2.22. The summed E-state index contributed by atoms with van der Waals surface area (Å²) in [5, 5.41) is 20.8. The molecule has 2 heterocycles. The van der Waals surface area contributed by atoms with Crippen molar-refractivity contribution in [2.24, 2.45) is 13.0 Å². The van der Waals surface area contributed by atoms with E-state index in [1.165, 1.54) is 11.2 Å². The fourth-order valence-corrected chi connectivity index (χ4v) is 2.06. The zero-order chi connectivity index (χ0) is 10.7. The number of hydrogen-bond acceptors (Lipinski definition) is 5. The summed E-state index contributed by atoms with van der Waals surface area (Å²) in [7, 11) is 1.77. The summed E-state index contributed by atoms with van der Waals surface area (Å²) in [6, 6.07) is 0. The Morgan fingerprint density at radius 2 is 2.40 bits per heavy atom. The minimum atomic E-state index is 0.294. The van der Waals surface area contributed by atoms with E-state index in [2.05, 4.69) is 20.3 Å². The second kappa shape index (κ2) is 4.67. The Morgan fingerprint density at radius 3 is 3.07 bits per heavy atom. The van der Waals surface area contributed by atoms with Crippen molar-refractivity contribution in [2.45, 2.75) is 19.4 Å². The molecule has 1 aromatic rings. The summed E-state index contributed by atoms with van der Waals surface area (Å²) in [6.07, 6.45) is 2.07. The lowest BCUT2D eigenvalue weighted by Crippen LogP contribution is -2.21. The van der Waals surface area contributed by atoms with Crippen LogP contribution in [0, 0.1) is 5.92 Å². The van der Waals surface area contributed by atoms with Crippen molar-refractivity contribution in [3.63, 3.8) is 0 Å². The maximum Gasteiger partial charge on any atom is 0.188 e. The van der Waals surface area contributed by atoms with Crippen molar-refractivity contribution in [1.29, 1.82) is 0 Å². The third kappa shape index (κ3) is 2.73. The average molecular weight is 211 g/mol. The lowest BCUT2D eigenvalue weighted by atomic mass is 10.1. The van der Waals surface area contributed by atoms with Crippen LogP contribution < -0.4 is 0 Å². The molecule has 84 valence electrons. The Hall–Kier alpha value is -1.01. The summed E-state index contributed by atoms with van der Waals surface area (Å²) in [5.41, 5.74) is 0. The summed E-state index contributed by atoms with van der Waals surface area (Å²) >= 11 is 0. The van der Waals surface area contributed by atoms with Gasteiger partial charge in [-0.15, -0.1) is 10.2 Å². The molecule has 0 spiro atoms. The van der Waals surface area contributed by atoms with Gasteiger partial charge in [0.15, 0.2) is 5.82 Å². The fourth-order valence-electron chi connectivity index (χ4n) is 2.06. The van der Waals surface area contributed by atoms with Gasteiger partial charge in [-0.25, -0.2) is 0 Å². The van der Waals surface area contributed by atoms with Gasteiger partial charge < -0.3 is 5.11 Å². The van der Waals surface area contributed by atoms with Gasteiger partial charge in [-0.1, -0.05) is 0 Å². The molecular formula is C9H17N5O. The predicted octanol–water partition coefficient (Wildman–Crippen LogP) is -0.586. The maximum atomic E-state index is 8.85. The quantitative estimate of drug-likeness (QED) is 0.721. The molecule has 1 unspecified atom stereocenters. The topological polar surface area (TPSA) is 67.1 Å². The van der Waals surface area contributed by atoms with Gasteiger partial charge in [0, 0.05) is 13.2 Å². The SMILES string of the molecule is Cn1nnc(CN2CCC(CCO)C2)n1. The van der Waals surface area contributed by atoms with Gasteiger partial charge in [0.2, 0.25) is 0 Å². The van der Waals surface area contributed by atoms with Gasteiger partial charge in [-0.3, -0.25) is 4.90 Å². The minimum absolute atomic E-state index is 0.294. The van der Waals surface area contributed by atoms with Crippen LogP contribution in [-0.2, 0) is 13.6 Å². The van der Waals surface area contributed by atoms with Gasteiger partial charge in [-0.05, 0) is 30.5 Å². The molecule has 1 aliphatic rings. The van der Waals surface area contributed by atoms with E-state index in [1.54, 1.807) is 7.05 Å². The minimum Gasteiger partial charge on any atom is -0.396 e. The third-order valence-electron chi connectivity index (χ3n) is 2.82. The highest BCUT2D eigenvalue weighted by atomic mass is 16.3. The van der Waals surface area contributed by atoms with Crippen molar-refractivity contribution in [2.75, 3.05) is 19.7 Å². The highest BCUT2D eigenvalue weighted by molar-refractivity contribution is 4.82. The zero-order valence-electron chi connectivity index (χ0n) is 9.00. The Labute approximate surface area is 88.9 Å². The molecule has 15 heavy (non-hydrogen) atoms. The Morgan fingerprint density at radius 1 is 1.53 bits per heavy atom. The number of likely N-dealkylation sites (tertiary alicyclic amines) is 1. The first-order valence-electron chi connectivity index (χ1n) is 5.34. The van der Waals surface area contributed by atoms with E-state index in [-0.39, 0.29) is 0 Å². The molecule has 6 heteroatoms. The molecule has 1 saturated heterocycles. The van der Waals surface area contributed by atoms with E-state index in [0.717, 1.165) is 31.9 Å². The molecule has 6 nitrogen and oxygen atoms in total. The normalized spacial score (nSPS) is 22.4. The summed E-state index contributed by atoms with van der Waals surface area (Å²) in [5.74, 6) is 1.41. The molecule has 0 radical (unpaired) electrons. The molecular weight excluding hydrogens is 194 g/mol. The second-order valence-corrected chi connectivity index (χ2v) is 4.10. The average Bonchev–Trinajstić information content (AvgIpc) is 2.78. The monoisotopic (exact) mass is 211 g/mol. The van der Waals surface area contributed by atoms with Crippen LogP contribution in [0.15, 0.2) is 0 Å². The van der Waals surface area contributed by atoms with Crippen LogP contribution in [0.4, 0.5) is 0 Å². The van der Waals surface area contributed by atoms with Gasteiger partial charge in [0.1, 0.15) is 0 Å². The van der Waals surface area contributed by atoms with Crippen LogP contribution in [-0.4, -0.2) is 49.9 Å². The Bertz CT molecular complexity index is 313. The number of tetrazole rings is 1. The number of hydrogen-bond donors (Lipinski definition) is 1. The molecule has 1 fully saturated rings. The second-order valence-electron chi connectivity index (χ2n) is 4.10. The molecule has 0 amide bonds. The van der Waals surface area contributed by atoms with Crippen LogP contribution in [0.3, 0.4) is 0 Å². The van der Waals surface area contributed by atoms with E-state index in [9.17, 15) is 0 Å². The number of aliphatic hydroxyl groups is 1. The molecule has 2 rings (SSSR count). The van der Waals surface area contributed by atoms with Crippen molar-refractivity contribution in [1.82, 2.24) is 25.1 Å². The molecule has 1 atom stereocenters. The van der Waals surface area contributed by atoms with Crippen LogP contribution in [0.1, 0.15) is 18.7 Å². The lowest BCUT2D eigenvalue weighted by molar-refractivity contribution is 0.248. The van der Waals surface area contributed by atoms with Crippen LogP contribution in [0.2, 0.25) is 0 Å². The predicted molar refractivity (Wildman–Crippen MR) is 53.9 cm³/mol.